The van der Waals surface area contributed by atoms with E-state index >= 15 is 0 Å². The number of aryl methyl sites for hydroxylation is 1. The maximum absolute atomic E-state index is 9.91. The Morgan fingerprint density at radius 3 is 2.76 bits per heavy atom. The molecular formula is C13H15ClOS2. The zero-order valence-corrected chi connectivity index (χ0v) is 11.8. The van der Waals surface area contributed by atoms with E-state index in [9.17, 15) is 5.11 Å². The fraction of sp³-hybridized carbons (Fsp3) is 0.385. The normalized spacial score (nSPS) is 12.8. The van der Waals surface area contributed by atoms with Crippen molar-refractivity contribution in [2.24, 2.45) is 0 Å². The molecule has 0 saturated heterocycles. The molecule has 0 aliphatic rings. The lowest BCUT2D eigenvalue weighted by Crippen LogP contribution is -2.09. The van der Waals surface area contributed by atoms with Crippen LogP contribution in [0, 0.1) is 0 Å². The minimum absolute atomic E-state index is 0.246. The first kappa shape index (κ1) is 13.1. The molecule has 2 aromatic heterocycles. The zero-order chi connectivity index (χ0) is 12.1. The van der Waals surface area contributed by atoms with Crippen LogP contribution in [0.3, 0.4) is 0 Å². The van der Waals surface area contributed by atoms with Gasteiger partial charge in [0.1, 0.15) is 0 Å². The van der Waals surface area contributed by atoms with Crippen LogP contribution >= 0.6 is 34.3 Å². The molecule has 0 amide bonds. The van der Waals surface area contributed by atoms with Crippen LogP contribution in [-0.4, -0.2) is 11.2 Å². The highest BCUT2D eigenvalue weighted by atomic mass is 35.5. The number of rotatable bonds is 6. The Morgan fingerprint density at radius 1 is 1.24 bits per heavy atom. The van der Waals surface area contributed by atoms with Crippen molar-refractivity contribution in [2.45, 2.75) is 31.8 Å². The first-order valence-corrected chi connectivity index (χ1v) is 7.76. The third-order valence-corrected chi connectivity index (χ3v) is 4.80. The fourth-order valence-corrected chi connectivity index (χ4v) is 3.67. The number of halogens is 1. The quantitative estimate of drug-likeness (QED) is 0.835. The highest BCUT2D eigenvalue weighted by Crippen LogP contribution is 2.23. The summed E-state index contributed by atoms with van der Waals surface area (Å²) in [5, 5.41) is 12.0. The van der Waals surface area contributed by atoms with Crippen LogP contribution in [0.15, 0.2) is 29.6 Å². The van der Waals surface area contributed by atoms with E-state index < -0.39 is 0 Å². The Kier molecular flexibility index (Phi) is 5.04. The Balaban J connectivity index is 1.69. The molecule has 4 heteroatoms. The van der Waals surface area contributed by atoms with Crippen LogP contribution in [0.25, 0.3) is 0 Å². The second-order valence-electron chi connectivity index (χ2n) is 4.04. The van der Waals surface area contributed by atoms with E-state index in [-0.39, 0.29) is 6.10 Å². The van der Waals surface area contributed by atoms with Gasteiger partial charge in [-0.15, -0.1) is 22.7 Å². The van der Waals surface area contributed by atoms with Crippen molar-refractivity contribution in [3.8, 4) is 0 Å². The maximum atomic E-state index is 9.91. The molecule has 1 unspecified atom stereocenters. The van der Waals surface area contributed by atoms with Gasteiger partial charge in [0, 0.05) is 16.2 Å². The lowest BCUT2D eigenvalue weighted by Gasteiger charge is -2.08. The van der Waals surface area contributed by atoms with Crippen LogP contribution < -0.4 is 0 Å². The van der Waals surface area contributed by atoms with E-state index in [2.05, 4.69) is 17.5 Å². The Bertz CT molecular complexity index is 436. The average molecular weight is 287 g/mol. The molecule has 92 valence electrons. The molecule has 1 atom stereocenters. The topological polar surface area (TPSA) is 20.2 Å². The summed E-state index contributed by atoms with van der Waals surface area (Å²) in [5.74, 6) is 0. The van der Waals surface area contributed by atoms with Crippen LogP contribution in [0.1, 0.15) is 22.6 Å². The summed E-state index contributed by atoms with van der Waals surface area (Å²) in [6, 6.07) is 8.11. The van der Waals surface area contributed by atoms with Gasteiger partial charge >= 0.3 is 0 Å². The largest absolute Gasteiger partial charge is 0.393 e. The molecule has 0 fully saturated rings. The van der Waals surface area contributed by atoms with Gasteiger partial charge in [-0.05, 0) is 42.8 Å². The van der Waals surface area contributed by atoms with Crippen molar-refractivity contribution in [3.63, 3.8) is 0 Å². The summed E-state index contributed by atoms with van der Waals surface area (Å²) in [6.07, 6.45) is 3.44. The molecule has 1 nitrogen and oxygen atoms in total. The lowest BCUT2D eigenvalue weighted by atomic mass is 10.1. The van der Waals surface area contributed by atoms with Gasteiger partial charge in [-0.2, -0.15) is 0 Å². The summed E-state index contributed by atoms with van der Waals surface area (Å²) in [7, 11) is 0. The zero-order valence-electron chi connectivity index (χ0n) is 9.43. The number of aliphatic hydroxyl groups excluding tert-OH is 1. The number of hydrogen-bond acceptors (Lipinski definition) is 3. The lowest BCUT2D eigenvalue weighted by molar-refractivity contribution is 0.163. The Labute approximate surface area is 115 Å². The van der Waals surface area contributed by atoms with Gasteiger partial charge in [0.2, 0.25) is 0 Å². The summed E-state index contributed by atoms with van der Waals surface area (Å²) in [6.45, 7) is 0. The molecular weight excluding hydrogens is 272 g/mol. The molecule has 0 radical (unpaired) electrons. The maximum Gasteiger partial charge on any atom is 0.0931 e. The van der Waals surface area contributed by atoms with E-state index in [0.717, 1.165) is 30.0 Å². The molecule has 0 bridgehead atoms. The van der Waals surface area contributed by atoms with Crippen LogP contribution in [0.5, 0.6) is 0 Å². The molecule has 0 spiro atoms. The van der Waals surface area contributed by atoms with Crippen molar-refractivity contribution < 1.29 is 5.11 Å². The van der Waals surface area contributed by atoms with Crippen molar-refractivity contribution >= 4 is 34.3 Å². The minimum Gasteiger partial charge on any atom is -0.393 e. The third kappa shape index (κ3) is 4.43. The van der Waals surface area contributed by atoms with Crippen LogP contribution in [-0.2, 0) is 12.8 Å². The van der Waals surface area contributed by atoms with Crippen molar-refractivity contribution in [1.29, 1.82) is 0 Å². The van der Waals surface area contributed by atoms with Crippen LogP contribution in [0.2, 0.25) is 4.34 Å². The summed E-state index contributed by atoms with van der Waals surface area (Å²) in [5.41, 5.74) is 0. The highest BCUT2D eigenvalue weighted by Gasteiger charge is 2.07. The van der Waals surface area contributed by atoms with Gasteiger partial charge in [-0.1, -0.05) is 17.7 Å². The number of aliphatic hydroxyl groups is 1. The summed E-state index contributed by atoms with van der Waals surface area (Å²) in [4.78, 5) is 2.56. The molecule has 1 N–H and O–H groups in total. The predicted molar refractivity (Wildman–Crippen MR) is 76.3 cm³/mol. The van der Waals surface area contributed by atoms with E-state index in [1.807, 2.05) is 12.1 Å². The minimum atomic E-state index is -0.246. The Morgan fingerprint density at radius 2 is 2.12 bits per heavy atom. The predicted octanol–water partition coefficient (Wildman–Crippen LogP) is 4.39. The van der Waals surface area contributed by atoms with Gasteiger partial charge in [-0.25, -0.2) is 0 Å². The smallest absolute Gasteiger partial charge is 0.0931 e. The highest BCUT2D eigenvalue weighted by molar-refractivity contribution is 7.16. The third-order valence-electron chi connectivity index (χ3n) is 2.61. The average Bonchev–Trinajstić information content (AvgIpc) is 2.90. The fourth-order valence-electron chi connectivity index (χ4n) is 1.76. The molecule has 0 aliphatic carbocycles. The van der Waals surface area contributed by atoms with Gasteiger partial charge in [0.15, 0.2) is 0 Å². The van der Waals surface area contributed by atoms with E-state index in [0.29, 0.717) is 0 Å². The number of thiophene rings is 2. The molecule has 17 heavy (non-hydrogen) atoms. The van der Waals surface area contributed by atoms with E-state index in [4.69, 9.17) is 11.6 Å². The molecule has 0 saturated carbocycles. The van der Waals surface area contributed by atoms with E-state index in [1.165, 1.54) is 9.75 Å². The number of hydrogen-bond donors (Lipinski definition) is 1. The Hall–Kier alpha value is -0.350. The molecule has 2 rings (SSSR count). The van der Waals surface area contributed by atoms with E-state index in [1.54, 1.807) is 22.7 Å². The summed E-state index contributed by atoms with van der Waals surface area (Å²) >= 11 is 9.19. The SMILES string of the molecule is OC(CCCc1cccs1)Cc1ccc(Cl)s1. The first-order chi connectivity index (χ1) is 8.24. The van der Waals surface area contributed by atoms with Gasteiger partial charge in [0.05, 0.1) is 10.4 Å². The molecule has 2 heterocycles. The molecule has 0 aliphatic heterocycles. The van der Waals surface area contributed by atoms with Crippen LogP contribution in [0.4, 0.5) is 0 Å². The van der Waals surface area contributed by atoms with Gasteiger partial charge < -0.3 is 5.11 Å². The monoisotopic (exact) mass is 286 g/mol. The van der Waals surface area contributed by atoms with Crippen molar-refractivity contribution in [2.75, 3.05) is 0 Å². The standard InChI is InChI=1S/C13H15ClOS2/c14-13-7-6-12(17-13)9-10(15)3-1-4-11-5-2-8-16-11/h2,5-8,10,15H,1,3-4,9H2. The van der Waals surface area contributed by atoms with Gasteiger partial charge in [0.25, 0.3) is 0 Å². The van der Waals surface area contributed by atoms with Gasteiger partial charge in [-0.3, -0.25) is 0 Å². The molecule has 0 aromatic carbocycles. The molecule has 2 aromatic rings. The van der Waals surface area contributed by atoms with Crippen molar-refractivity contribution in [1.82, 2.24) is 0 Å². The summed E-state index contributed by atoms with van der Waals surface area (Å²) < 4.78 is 0.797. The second-order valence-corrected chi connectivity index (χ2v) is 6.87. The second kappa shape index (κ2) is 6.55. The first-order valence-electron chi connectivity index (χ1n) is 5.68. The van der Waals surface area contributed by atoms with Crippen molar-refractivity contribution in [3.05, 3.63) is 43.7 Å².